The van der Waals surface area contributed by atoms with Crippen molar-refractivity contribution in [3.8, 4) is 0 Å². The maximum absolute atomic E-state index is 4.37. The lowest BCUT2D eigenvalue weighted by atomic mass is 9.97. The molecule has 31 heavy (non-hydrogen) atoms. The fraction of sp³-hybridized carbons (Fsp3) is 0.760. The highest BCUT2D eigenvalue weighted by Gasteiger charge is 2.23. The van der Waals surface area contributed by atoms with Crippen LogP contribution in [0.1, 0.15) is 113 Å². The summed E-state index contributed by atoms with van der Waals surface area (Å²) in [7, 11) is 2.15. The van der Waals surface area contributed by atoms with Crippen molar-refractivity contribution in [3.05, 3.63) is 35.9 Å². The molecular weight excluding hydrogens is 384 g/mol. The molecular formula is C25H50N6. The van der Waals surface area contributed by atoms with Crippen molar-refractivity contribution in [2.45, 2.75) is 119 Å². The number of hydrogen-bond acceptors (Lipinski definition) is 4. The van der Waals surface area contributed by atoms with Crippen LogP contribution in [0.25, 0.3) is 0 Å². The lowest BCUT2D eigenvalue weighted by molar-refractivity contribution is 0.210. The molecule has 0 aliphatic carbocycles. The van der Waals surface area contributed by atoms with Crippen LogP contribution in [0.3, 0.4) is 0 Å². The summed E-state index contributed by atoms with van der Waals surface area (Å²) in [5.74, 6) is 0. The molecule has 0 amide bonds. The van der Waals surface area contributed by atoms with E-state index in [1.807, 2.05) is 21.8 Å². The van der Waals surface area contributed by atoms with E-state index in [2.05, 4.69) is 116 Å². The Bertz CT molecular complexity index is 739. The van der Waals surface area contributed by atoms with E-state index < -0.39 is 0 Å². The summed E-state index contributed by atoms with van der Waals surface area (Å²) in [5.41, 5.74) is 2.52. The second-order valence-corrected chi connectivity index (χ2v) is 10.0. The van der Waals surface area contributed by atoms with Gasteiger partial charge in [-0.25, -0.2) is 0 Å². The zero-order valence-electron chi connectivity index (χ0n) is 21.4. The van der Waals surface area contributed by atoms with Gasteiger partial charge in [0.15, 0.2) is 0 Å². The Balaban J connectivity index is 0.000000562. The fourth-order valence-electron chi connectivity index (χ4n) is 3.28. The predicted molar refractivity (Wildman–Crippen MR) is 135 cm³/mol. The first kappa shape index (κ1) is 29.3. The fourth-order valence-corrected chi connectivity index (χ4v) is 3.28. The lowest BCUT2D eigenvalue weighted by Gasteiger charge is -2.27. The molecule has 0 saturated carbocycles. The highest BCUT2D eigenvalue weighted by Crippen LogP contribution is 2.22. The lowest BCUT2D eigenvalue weighted by Crippen LogP contribution is -2.40. The molecule has 0 aliphatic heterocycles. The van der Waals surface area contributed by atoms with Crippen molar-refractivity contribution in [1.29, 1.82) is 0 Å². The molecule has 2 heterocycles. The topological polar surface area (TPSA) is 50.9 Å². The number of nitrogens with one attached hydrogen (secondary N) is 1. The van der Waals surface area contributed by atoms with Crippen LogP contribution in [0.5, 0.6) is 0 Å². The SMILES string of the molecule is C.CC(C)N(C)C(C)c1cnn(C(C)C)c1.CC(C)NC(C)(C)c1cnn(C(C)C)c1. The number of hydrogen-bond donors (Lipinski definition) is 1. The molecule has 0 aliphatic rings. The first-order chi connectivity index (χ1) is 13.8. The minimum absolute atomic E-state index is 0. The van der Waals surface area contributed by atoms with Gasteiger partial charge in [0.1, 0.15) is 0 Å². The third-order valence-electron chi connectivity index (χ3n) is 5.56. The van der Waals surface area contributed by atoms with E-state index in [1.165, 1.54) is 11.1 Å². The molecule has 0 radical (unpaired) electrons. The smallest absolute Gasteiger partial charge is 0.0540 e. The average Bonchev–Trinajstić information content (AvgIpc) is 3.29. The molecule has 0 spiro atoms. The molecule has 1 N–H and O–H groups in total. The number of aromatic nitrogens is 4. The molecule has 6 nitrogen and oxygen atoms in total. The summed E-state index contributed by atoms with van der Waals surface area (Å²) < 4.78 is 4.01. The van der Waals surface area contributed by atoms with Gasteiger partial charge in [-0.05, 0) is 69.4 Å². The van der Waals surface area contributed by atoms with Crippen molar-refractivity contribution in [3.63, 3.8) is 0 Å². The largest absolute Gasteiger partial charge is 0.305 e. The van der Waals surface area contributed by atoms with Crippen molar-refractivity contribution in [2.75, 3.05) is 7.05 Å². The Morgan fingerprint density at radius 2 is 1.32 bits per heavy atom. The van der Waals surface area contributed by atoms with Crippen LogP contribution in [-0.4, -0.2) is 43.6 Å². The minimum atomic E-state index is -0.0126. The van der Waals surface area contributed by atoms with Gasteiger partial charge >= 0.3 is 0 Å². The normalized spacial score (nSPS) is 13.1. The minimum Gasteiger partial charge on any atom is -0.305 e. The zero-order chi connectivity index (χ0) is 23.2. The second-order valence-electron chi connectivity index (χ2n) is 10.0. The predicted octanol–water partition coefficient (Wildman–Crippen LogP) is 6.20. The van der Waals surface area contributed by atoms with Gasteiger partial charge in [0.2, 0.25) is 0 Å². The van der Waals surface area contributed by atoms with Crippen LogP contribution < -0.4 is 5.32 Å². The maximum atomic E-state index is 4.37. The molecule has 2 aromatic heterocycles. The Hall–Kier alpha value is -1.66. The number of rotatable bonds is 8. The quantitative estimate of drug-likeness (QED) is 0.537. The average molecular weight is 435 g/mol. The molecule has 0 bridgehead atoms. The van der Waals surface area contributed by atoms with Gasteiger partial charge < -0.3 is 5.32 Å². The van der Waals surface area contributed by atoms with Crippen LogP contribution in [0.4, 0.5) is 0 Å². The zero-order valence-corrected chi connectivity index (χ0v) is 21.4. The summed E-state index contributed by atoms with van der Waals surface area (Å²) >= 11 is 0. The van der Waals surface area contributed by atoms with Gasteiger partial charge in [0.25, 0.3) is 0 Å². The third kappa shape index (κ3) is 8.77. The Kier molecular flexibility index (Phi) is 11.7. The van der Waals surface area contributed by atoms with Crippen LogP contribution >= 0.6 is 0 Å². The van der Waals surface area contributed by atoms with E-state index in [9.17, 15) is 0 Å². The highest BCUT2D eigenvalue weighted by molar-refractivity contribution is 5.16. The van der Waals surface area contributed by atoms with Gasteiger partial charge in [-0.15, -0.1) is 0 Å². The van der Waals surface area contributed by atoms with Gasteiger partial charge in [-0.1, -0.05) is 21.3 Å². The third-order valence-corrected chi connectivity index (χ3v) is 5.56. The van der Waals surface area contributed by atoms with Crippen LogP contribution in [-0.2, 0) is 5.54 Å². The van der Waals surface area contributed by atoms with Crippen molar-refractivity contribution in [1.82, 2.24) is 29.8 Å². The Labute approximate surface area is 192 Å². The van der Waals surface area contributed by atoms with Crippen molar-refractivity contribution >= 4 is 0 Å². The van der Waals surface area contributed by atoms with Crippen molar-refractivity contribution < 1.29 is 0 Å². The van der Waals surface area contributed by atoms with Gasteiger partial charge in [0, 0.05) is 59.3 Å². The second kappa shape index (κ2) is 12.4. The monoisotopic (exact) mass is 434 g/mol. The molecule has 0 aromatic carbocycles. The molecule has 2 aromatic rings. The summed E-state index contributed by atoms with van der Waals surface area (Å²) in [6.45, 7) is 23.9. The van der Waals surface area contributed by atoms with E-state index in [0.717, 1.165) is 0 Å². The summed E-state index contributed by atoms with van der Waals surface area (Å²) in [5, 5.41) is 12.3. The van der Waals surface area contributed by atoms with Gasteiger partial charge in [-0.3, -0.25) is 14.3 Å². The van der Waals surface area contributed by atoms with E-state index >= 15 is 0 Å². The standard InChI is InChI=1S/2C12H23N3.CH4/c1-9(2)14-12(5,6)11-7-13-15(8-11)10(3)4;1-9(2)14(6)11(5)12-7-13-15(8-12)10(3)4;/h7-10,14H,1-6H3;7-11H,1-6H3;1H4. The van der Waals surface area contributed by atoms with E-state index in [0.29, 0.717) is 30.2 Å². The number of nitrogens with zero attached hydrogens (tertiary/aromatic N) is 5. The van der Waals surface area contributed by atoms with Crippen molar-refractivity contribution in [2.24, 2.45) is 0 Å². The first-order valence-corrected chi connectivity index (χ1v) is 11.3. The van der Waals surface area contributed by atoms with Crippen LogP contribution in [0, 0.1) is 0 Å². The maximum Gasteiger partial charge on any atom is 0.0540 e. The van der Waals surface area contributed by atoms with E-state index in [-0.39, 0.29) is 13.0 Å². The molecule has 0 fully saturated rings. The Morgan fingerprint density at radius 3 is 1.71 bits per heavy atom. The summed E-state index contributed by atoms with van der Waals surface area (Å²) in [4.78, 5) is 2.35. The highest BCUT2D eigenvalue weighted by atomic mass is 15.3. The molecule has 6 heteroatoms. The molecule has 180 valence electrons. The molecule has 2 rings (SSSR count). The van der Waals surface area contributed by atoms with Gasteiger partial charge in [-0.2, -0.15) is 10.2 Å². The molecule has 1 unspecified atom stereocenters. The van der Waals surface area contributed by atoms with Crippen LogP contribution in [0.15, 0.2) is 24.8 Å². The molecule has 1 atom stereocenters. The van der Waals surface area contributed by atoms with E-state index in [4.69, 9.17) is 0 Å². The first-order valence-electron chi connectivity index (χ1n) is 11.3. The Morgan fingerprint density at radius 1 is 0.839 bits per heavy atom. The summed E-state index contributed by atoms with van der Waals surface area (Å²) in [6, 6.07) is 2.33. The van der Waals surface area contributed by atoms with E-state index in [1.54, 1.807) is 0 Å². The van der Waals surface area contributed by atoms with Crippen LogP contribution in [0.2, 0.25) is 0 Å². The van der Waals surface area contributed by atoms with Gasteiger partial charge in [0.05, 0.1) is 12.4 Å². The summed E-state index contributed by atoms with van der Waals surface area (Å²) in [6.07, 6.45) is 8.20. The molecule has 0 saturated heterocycles.